The predicted octanol–water partition coefficient (Wildman–Crippen LogP) is 5.82. The van der Waals surface area contributed by atoms with Crippen LogP contribution in [0.1, 0.15) is 28.4 Å². The van der Waals surface area contributed by atoms with Gasteiger partial charge in [-0.3, -0.25) is 9.69 Å². The summed E-state index contributed by atoms with van der Waals surface area (Å²) in [6.07, 6.45) is 1.78. The Balaban J connectivity index is 1.53. The number of rotatable bonds is 8. The van der Waals surface area contributed by atoms with Crippen LogP contribution in [0.4, 0.5) is 10.1 Å². The Labute approximate surface area is 218 Å². The number of amidine groups is 1. The number of nitrogens with zero attached hydrogens (tertiary/aromatic N) is 2. The van der Waals surface area contributed by atoms with Crippen molar-refractivity contribution >= 4 is 40.6 Å². The maximum absolute atomic E-state index is 13.4. The molecule has 0 spiro atoms. The van der Waals surface area contributed by atoms with Crippen LogP contribution in [0.2, 0.25) is 0 Å². The predicted molar refractivity (Wildman–Crippen MR) is 142 cm³/mol. The quantitative estimate of drug-likeness (QED) is 0.275. The lowest BCUT2D eigenvalue weighted by Gasteiger charge is -2.12. The summed E-state index contributed by atoms with van der Waals surface area (Å²) in [4.78, 5) is 31.4. The molecule has 0 unspecified atom stereocenters. The van der Waals surface area contributed by atoms with E-state index in [1.54, 1.807) is 59.5 Å². The zero-order valence-electron chi connectivity index (χ0n) is 20.6. The molecule has 1 saturated heterocycles. The van der Waals surface area contributed by atoms with Gasteiger partial charge in [0, 0.05) is 6.54 Å². The molecular weight excluding hydrogens is 495 g/mol. The van der Waals surface area contributed by atoms with E-state index >= 15 is 0 Å². The van der Waals surface area contributed by atoms with Crippen molar-refractivity contribution < 1.29 is 28.2 Å². The number of amides is 1. The molecule has 1 aliphatic rings. The summed E-state index contributed by atoms with van der Waals surface area (Å²) in [5.41, 5.74) is 2.49. The fraction of sp³-hybridized carbons (Fsp3) is 0.179. The molecule has 37 heavy (non-hydrogen) atoms. The third-order valence-corrected chi connectivity index (χ3v) is 6.49. The molecule has 0 saturated carbocycles. The van der Waals surface area contributed by atoms with E-state index in [1.807, 2.05) is 13.0 Å². The molecule has 0 radical (unpaired) electrons. The number of methoxy groups -OCH3 is 2. The number of benzene rings is 3. The van der Waals surface area contributed by atoms with Gasteiger partial charge in [0.15, 0.2) is 16.7 Å². The number of hydrogen-bond donors (Lipinski definition) is 0. The average Bonchev–Trinajstić information content (AvgIpc) is 3.20. The summed E-state index contributed by atoms with van der Waals surface area (Å²) in [6, 6.07) is 18.2. The van der Waals surface area contributed by atoms with Gasteiger partial charge >= 0.3 is 5.97 Å². The number of ether oxygens (including phenoxy) is 3. The van der Waals surface area contributed by atoms with E-state index in [1.165, 1.54) is 38.1 Å². The molecule has 1 aliphatic heterocycles. The monoisotopic (exact) mass is 520 g/mol. The van der Waals surface area contributed by atoms with Crippen LogP contribution in [0.15, 0.2) is 76.6 Å². The van der Waals surface area contributed by atoms with Gasteiger partial charge in [-0.2, -0.15) is 0 Å². The zero-order chi connectivity index (χ0) is 26.4. The number of halogens is 1. The van der Waals surface area contributed by atoms with Crippen molar-refractivity contribution in [2.75, 3.05) is 20.8 Å². The lowest BCUT2D eigenvalue weighted by atomic mass is 10.1. The van der Waals surface area contributed by atoms with Crippen molar-refractivity contribution in [3.8, 4) is 11.5 Å². The molecule has 0 aromatic heterocycles. The Morgan fingerprint density at radius 3 is 2.51 bits per heavy atom. The molecule has 3 aromatic rings. The zero-order valence-corrected chi connectivity index (χ0v) is 21.4. The van der Waals surface area contributed by atoms with Gasteiger partial charge in [-0.1, -0.05) is 18.2 Å². The molecule has 0 aliphatic carbocycles. The van der Waals surface area contributed by atoms with Gasteiger partial charge in [0.1, 0.15) is 12.4 Å². The number of aliphatic imine (C=N–C) groups is 1. The smallest absolute Gasteiger partial charge is 0.337 e. The minimum Gasteiger partial charge on any atom is -0.493 e. The van der Waals surface area contributed by atoms with Crippen molar-refractivity contribution in [2.45, 2.75) is 13.5 Å². The van der Waals surface area contributed by atoms with Gasteiger partial charge in [-0.25, -0.2) is 14.2 Å². The van der Waals surface area contributed by atoms with E-state index in [0.29, 0.717) is 44.9 Å². The number of carbonyl (C=O) groups excluding carboxylic acids is 2. The van der Waals surface area contributed by atoms with Crippen LogP contribution >= 0.6 is 11.8 Å². The minimum absolute atomic E-state index is 0.150. The van der Waals surface area contributed by atoms with Gasteiger partial charge < -0.3 is 14.2 Å². The highest BCUT2D eigenvalue weighted by Gasteiger charge is 2.32. The molecule has 4 rings (SSSR count). The summed E-state index contributed by atoms with van der Waals surface area (Å²) < 4.78 is 29.5. The Morgan fingerprint density at radius 1 is 1.05 bits per heavy atom. The first kappa shape index (κ1) is 26.0. The summed E-state index contributed by atoms with van der Waals surface area (Å²) in [7, 11) is 2.86. The van der Waals surface area contributed by atoms with Gasteiger partial charge in [0.2, 0.25) is 0 Å². The van der Waals surface area contributed by atoms with E-state index in [2.05, 4.69) is 4.99 Å². The Hall–Kier alpha value is -4.11. The molecule has 1 heterocycles. The normalized spacial score (nSPS) is 15.4. The molecule has 3 aromatic carbocycles. The molecule has 1 amide bonds. The van der Waals surface area contributed by atoms with E-state index in [9.17, 15) is 14.0 Å². The van der Waals surface area contributed by atoms with Crippen LogP contribution in [0, 0.1) is 5.82 Å². The van der Waals surface area contributed by atoms with Crippen LogP contribution in [0.5, 0.6) is 11.5 Å². The molecule has 7 nitrogen and oxygen atoms in total. The van der Waals surface area contributed by atoms with Crippen molar-refractivity contribution in [3.05, 3.63) is 94.1 Å². The first-order valence-electron chi connectivity index (χ1n) is 11.5. The summed E-state index contributed by atoms with van der Waals surface area (Å²) >= 11 is 1.27. The lowest BCUT2D eigenvalue weighted by Crippen LogP contribution is -2.28. The average molecular weight is 521 g/mol. The number of hydrogen-bond acceptors (Lipinski definition) is 7. The third kappa shape index (κ3) is 6.18. The highest BCUT2D eigenvalue weighted by atomic mass is 32.2. The minimum atomic E-state index is -0.425. The van der Waals surface area contributed by atoms with Gasteiger partial charge in [-0.05, 0) is 84.4 Å². The van der Waals surface area contributed by atoms with Crippen molar-refractivity contribution in [1.29, 1.82) is 0 Å². The van der Waals surface area contributed by atoms with Gasteiger partial charge in [-0.15, -0.1) is 0 Å². The summed E-state index contributed by atoms with van der Waals surface area (Å²) in [5, 5.41) is 0.548. The molecule has 190 valence electrons. The van der Waals surface area contributed by atoms with Crippen LogP contribution in [-0.2, 0) is 16.1 Å². The highest BCUT2D eigenvalue weighted by Crippen LogP contribution is 2.36. The van der Waals surface area contributed by atoms with Crippen LogP contribution in [-0.4, -0.2) is 42.7 Å². The van der Waals surface area contributed by atoms with Crippen LogP contribution < -0.4 is 9.47 Å². The maximum atomic E-state index is 13.4. The van der Waals surface area contributed by atoms with Crippen LogP contribution in [0.25, 0.3) is 6.08 Å². The van der Waals surface area contributed by atoms with E-state index in [-0.39, 0.29) is 18.3 Å². The SMILES string of the molecule is CCN1C(=O)/C(=C\c2ccc(OCc3cccc(F)c3)c(OC)c2)SC1=Nc1ccc(C(=O)OC)cc1. The molecule has 0 atom stereocenters. The first-order valence-corrected chi connectivity index (χ1v) is 12.3. The standard InChI is InChI=1S/C28H25FN2O5S/c1-4-31-26(32)25(37-28(31)30-22-11-9-20(10-12-22)27(33)35-3)16-18-8-13-23(24(15-18)34-2)36-17-19-6-5-7-21(29)14-19/h5-16H,4,17H2,1-3H3/b25-16+,30-28?. The van der Waals surface area contributed by atoms with E-state index < -0.39 is 5.97 Å². The number of likely N-dealkylation sites (N-methyl/N-ethyl adjacent to an activating group) is 1. The Morgan fingerprint density at radius 2 is 1.84 bits per heavy atom. The van der Waals surface area contributed by atoms with Crippen LogP contribution in [0.3, 0.4) is 0 Å². The topological polar surface area (TPSA) is 77.4 Å². The number of carbonyl (C=O) groups is 2. The second-order valence-corrected chi connectivity index (χ2v) is 8.93. The molecular formula is C28H25FN2O5S. The lowest BCUT2D eigenvalue weighted by molar-refractivity contribution is -0.122. The van der Waals surface area contributed by atoms with Crippen molar-refractivity contribution in [3.63, 3.8) is 0 Å². The molecule has 0 bridgehead atoms. The molecule has 9 heteroatoms. The van der Waals surface area contributed by atoms with Gasteiger partial charge in [0.25, 0.3) is 5.91 Å². The van der Waals surface area contributed by atoms with Gasteiger partial charge in [0.05, 0.1) is 30.4 Å². The fourth-order valence-electron chi connectivity index (χ4n) is 3.60. The molecule has 0 N–H and O–H groups in total. The van der Waals surface area contributed by atoms with E-state index in [0.717, 1.165) is 5.56 Å². The highest BCUT2D eigenvalue weighted by molar-refractivity contribution is 8.18. The Kier molecular flexibility index (Phi) is 8.25. The second-order valence-electron chi connectivity index (χ2n) is 7.92. The number of thioether (sulfide) groups is 1. The maximum Gasteiger partial charge on any atom is 0.337 e. The second kappa shape index (κ2) is 11.7. The van der Waals surface area contributed by atoms with E-state index in [4.69, 9.17) is 14.2 Å². The summed E-state index contributed by atoms with van der Waals surface area (Å²) in [6.45, 7) is 2.53. The largest absolute Gasteiger partial charge is 0.493 e. The third-order valence-electron chi connectivity index (χ3n) is 5.49. The number of esters is 1. The summed E-state index contributed by atoms with van der Waals surface area (Å²) in [5.74, 6) is 0.102. The van der Waals surface area contributed by atoms with Crippen molar-refractivity contribution in [2.24, 2.45) is 4.99 Å². The first-order chi connectivity index (χ1) is 17.9. The van der Waals surface area contributed by atoms with Crippen molar-refractivity contribution in [1.82, 2.24) is 4.90 Å². The molecule has 1 fully saturated rings. The fourth-order valence-corrected chi connectivity index (χ4v) is 4.67. The Bertz CT molecular complexity index is 1370.